The second-order valence-corrected chi connectivity index (χ2v) is 6.23. The smallest absolute Gasteiger partial charge is 0.406 e. The average Bonchev–Trinajstić information content (AvgIpc) is 2.54. The molecule has 25 heavy (non-hydrogen) atoms. The third-order valence-corrected chi connectivity index (χ3v) is 4.40. The Kier molecular flexibility index (Phi) is 5.13. The molecule has 1 aliphatic rings. The van der Waals surface area contributed by atoms with Crippen LogP contribution in [0.1, 0.15) is 29.9 Å². The van der Waals surface area contributed by atoms with E-state index in [1.165, 1.54) is 12.1 Å². The fraction of sp³-hybridized carbons (Fsp3) is 0.389. The van der Waals surface area contributed by atoms with Gasteiger partial charge in [-0.15, -0.1) is 13.2 Å². The van der Waals surface area contributed by atoms with E-state index >= 15 is 0 Å². The van der Waals surface area contributed by atoms with Crippen molar-refractivity contribution in [2.75, 3.05) is 13.1 Å². The van der Waals surface area contributed by atoms with Crippen LogP contribution in [0.2, 0.25) is 0 Å². The van der Waals surface area contributed by atoms with Crippen LogP contribution in [0.25, 0.3) is 0 Å². The lowest BCUT2D eigenvalue weighted by atomic mass is 9.90. The molecule has 0 amide bonds. The van der Waals surface area contributed by atoms with Crippen molar-refractivity contribution in [1.29, 1.82) is 0 Å². The molecule has 1 aromatic carbocycles. The number of hydrogen-bond acceptors (Lipinski definition) is 3. The Morgan fingerprint density at radius 3 is 2.60 bits per heavy atom. The quantitative estimate of drug-likeness (QED) is 0.914. The number of ether oxygens (including phenoxy) is 1. The van der Waals surface area contributed by atoms with Crippen molar-refractivity contribution in [2.45, 2.75) is 31.7 Å². The van der Waals surface area contributed by atoms with Crippen LogP contribution < -0.4 is 10.3 Å². The van der Waals surface area contributed by atoms with Gasteiger partial charge in [0, 0.05) is 18.8 Å². The standard InChI is InChI=1S/C18H19F3N2O2/c19-18(20,21)25-16-3-1-2-13(10-16)12-23-8-5-14(6-9-23)15-4-7-22-17(24)11-15/h1-4,7,10-11,14H,5-6,8-9,12H2,(H,22,24). The lowest BCUT2D eigenvalue weighted by Crippen LogP contribution is -2.32. The highest BCUT2D eigenvalue weighted by Gasteiger charge is 2.31. The first kappa shape index (κ1) is 17.5. The maximum Gasteiger partial charge on any atom is 0.573 e. The SMILES string of the molecule is O=c1cc(C2CCN(Cc3cccc(OC(F)(F)F)c3)CC2)cc[nH]1. The second kappa shape index (κ2) is 7.31. The molecule has 4 nitrogen and oxygen atoms in total. The number of halogens is 3. The third-order valence-electron chi connectivity index (χ3n) is 4.40. The first-order valence-corrected chi connectivity index (χ1v) is 8.15. The first-order chi connectivity index (χ1) is 11.9. The number of benzene rings is 1. The molecular formula is C18H19F3N2O2. The largest absolute Gasteiger partial charge is 0.573 e. The molecule has 0 bridgehead atoms. The number of H-pyrrole nitrogens is 1. The molecule has 0 radical (unpaired) electrons. The van der Waals surface area contributed by atoms with Gasteiger partial charge in [0.2, 0.25) is 5.56 Å². The van der Waals surface area contributed by atoms with Crippen LogP contribution >= 0.6 is 0 Å². The highest BCUT2D eigenvalue weighted by Crippen LogP contribution is 2.28. The first-order valence-electron chi connectivity index (χ1n) is 8.15. The summed E-state index contributed by atoms with van der Waals surface area (Å²) in [5.41, 5.74) is 1.74. The van der Waals surface area contributed by atoms with Gasteiger partial charge < -0.3 is 9.72 Å². The summed E-state index contributed by atoms with van der Waals surface area (Å²) in [7, 11) is 0. The van der Waals surface area contributed by atoms with E-state index in [1.807, 2.05) is 6.07 Å². The Bertz CT molecular complexity index is 765. The van der Waals surface area contributed by atoms with E-state index in [1.54, 1.807) is 24.4 Å². The van der Waals surface area contributed by atoms with Gasteiger partial charge in [0.15, 0.2) is 0 Å². The summed E-state index contributed by atoms with van der Waals surface area (Å²) in [5, 5.41) is 0. The predicted molar refractivity (Wildman–Crippen MR) is 87.4 cm³/mol. The van der Waals surface area contributed by atoms with E-state index in [0.29, 0.717) is 12.5 Å². The van der Waals surface area contributed by atoms with Crippen LogP contribution in [0, 0.1) is 0 Å². The van der Waals surface area contributed by atoms with Gasteiger partial charge in [-0.25, -0.2) is 0 Å². The second-order valence-electron chi connectivity index (χ2n) is 6.23. The van der Waals surface area contributed by atoms with Gasteiger partial charge in [0.1, 0.15) is 5.75 Å². The predicted octanol–water partition coefficient (Wildman–Crippen LogP) is 3.65. The molecule has 0 aliphatic carbocycles. The Morgan fingerprint density at radius 2 is 1.92 bits per heavy atom. The number of rotatable bonds is 4. The van der Waals surface area contributed by atoms with Gasteiger partial charge in [-0.1, -0.05) is 12.1 Å². The van der Waals surface area contributed by atoms with E-state index < -0.39 is 6.36 Å². The van der Waals surface area contributed by atoms with Gasteiger partial charge >= 0.3 is 6.36 Å². The normalized spacial score (nSPS) is 16.8. The monoisotopic (exact) mass is 352 g/mol. The molecule has 2 heterocycles. The van der Waals surface area contributed by atoms with Crippen molar-refractivity contribution >= 4 is 0 Å². The molecule has 1 aromatic heterocycles. The summed E-state index contributed by atoms with van der Waals surface area (Å²) in [6.45, 7) is 2.25. The van der Waals surface area contributed by atoms with Crippen molar-refractivity contribution in [1.82, 2.24) is 9.88 Å². The van der Waals surface area contributed by atoms with Crippen molar-refractivity contribution < 1.29 is 17.9 Å². The molecule has 0 atom stereocenters. The molecule has 1 saturated heterocycles. The van der Waals surface area contributed by atoms with Crippen LogP contribution in [0.4, 0.5) is 13.2 Å². The number of alkyl halides is 3. The minimum Gasteiger partial charge on any atom is -0.406 e. The minimum atomic E-state index is -4.68. The zero-order chi connectivity index (χ0) is 17.9. The fourth-order valence-electron chi connectivity index (χ4n) is 3.24. The summed E-state index contributed by atoms with van der Waals surface area (Å²) in [6, 6.07) is 9.66. The summed E-state index contributed by atoms with van der Waals surface area (Å²) >= 11 is 0. The summed E-state index contributed by atoms with van der Waals surface area (Å²) in [5.74, 6) is 0.154. The van der Waals surface area contributed by atoms with E-state index in [2.05, 4.69) is 14.6 Å². The maximum absolute atomic E-state index is 12.3. The van der Waals surface area contributed by atoms with Gasteiger partial charge in [-0.05, 0) is 61.2 Å². The average molecular weight is 352 g/mol. The molecule has 3 rings (SSSR count). The van der Waals surface area contributed by atoms with E-state index in [9.17, 15) is 18.0 Å². The molecular weight excluding hydrogens is 333 g/mol. The molecule has 1 fully saturated rings. The highest BCUT2D eigenvalue weighted by molar-refractivity contribution is 5.28. The number of piperidine rings is 1. The lowest BCUT2D eigenvalue weighted by Gasteiger charge is -2.32. The summed E-state index contributed by atoms with van der Waals surface area (Å²) in [6.07, 6.45) is -1.18. The zero-order valence-corrected chi connectivity index (χ0v) is 13.6. The van der Waals surface area contributed by atoms with Crippen molar-refractivity contribution in [2.24, 2.45) is 0 Å². The van der Waals surface area contributed by atoms with Crippen LogP contribution in [0.5, 0.6) is 5.75 Å². The van der Waals surface area contributed by atoms with E-state index in [-0.39, 0.29) is 11.3 Å². The number of hydrogen-bond donors (Lipinski definition) is 1. The molecule has 0 saturated carbocycles. The molecule has 2 aromatic rings. The van der Waals surface area contributed by atoms with Gasteiger partial charge in [0.05, 0.1) is 0 Å². The van der Waals surface area contributed by atoms with Crippen LogP contribution in [-0.4, -0.2) is 29.3 Å². The molecule has 1 N–H and O–H groups in total. The molecule has 1 aliphatic heterocycles. The number of aromatic amines is 1. The number of nitrogens with one attached hydrogen (secondary N) is 1. The molecule has 7 heteroatoms. The molecule has 0 spiro atoms. The lowest BCUT2D eigenvalue weighted by molar-refractivity contribution is -0.274. The van der Waals surface area contributed by atoms with Gasteiger partial charge in [-0.3, -0.25) is 9.69 Å². The number of pyridine rings is 1. The van der Waals surface area contributed by atoms with Crippen molar-refractivity contribution in [3.63, 3.8) is 0 Å². The number of nitrogens with zero attached hydrogens (tertiary/aromatic N) is 1. The minimum absolute atomic E-state index is 0.0959. The molecule has 134 valence electrons. The van der Waals surface area contributed by atoms with Crippen molar-refractivity contribution in [3.8, 4) is 5.75 Å². The van der Waals surface area contributed by atoms with Gasteiger partial charge in [-0.2, -0.15) is 0 Å². The summed E-state index contributed by atoms with van der Waals surface area (Å²) in [4.78, 5) is 16.2. The Labute approximate surface area is 143 Å². The fourth-order valence-corrected chi connectivity index (χ4v) is 3.24. The number of likely N-dealkylation sites (tertiary alicyclic amines) is 1. The Hall–Kier alpha value is -2.28. The Balaban J connectivity index is 1.57. The topological polar surface area (TPSA) is 45.3 Å². The third kappa shape index (κ3) is 5.09. The van der Waals surface area contributed by atoms with Crippen LogP contribution in [0.3, 0.4) is 0 Å². The highest BCUT2D eigenvalue weighted by atomic mass is 19.4. The van der Waals surface area contributed by atoms with Gasteiger partial charge in [0.25, 0.3) is 0 Å². The van der Waals surface area contributed by atoms with E-state index in [4.69, 9.17) is 0 Å². The van der Waals surface area contributed by atoms with Crippen molar-refractivity contribution in [3.05, 3.63) is 64.1 Å². The Morgan fingerprint density at radius 1 is 1.16 bits per heavy atom. The van der Waals surface area contributed by atoms with Crippen LogP contribution in [-0.2, 0) is 6.54 Å². The zero-order valence-electron chi connectivity index (χ0n) is 13.6. The molecule has 0 unspecified atom stereocenters. The van der Waals surface area contributed by atoms with Crippen LogP contribution in [0.15, 0.2) is 47.4 Å². The summed E-state index contributed by atoms with van der Waals surface area (Å²) < 4.78 is 40.9. The van der Waals surface area contributed by atoms with E-state index in [0.717, 1.165) is 37.1 Å². The number of aromatic nitrogens is 1. The maximum atomic E-state index is 12.3.